The third-order valence-electron chi connectivity index (χ3n) is 2.58. The first-order valence-electron chi connectivity index (χ1n) is 6.10. The molecule has 0 unspecified atom stereocenters. The first-order valence-corrected chi connectivity index (χ1v) is 6.98. The van der Waals surface area contributed by atoms with Gasteiger partial charge in [0.15, 0.2) is 0 Å². The van der Waals surface area contributed by atoms with Gasteiger partial charge in [0.05, 0.1) is 5.69 Å². The average molecular weight is 276 g/mol. The summed E-state index contributed by atoms with van der Waals surface area (Å²) in [5.41, 5.74) is 1.79. The number of nitrogens with one attached hydrogen (secondary N) is 2. The SMILES string of the molecule is O=C(NCCCO)Nc1ccccc1-c1cccs1. The molecule has 2 rings (SSSR count). The topological polar surface area (TPSA) is 61.4 Å². The summed E-state index contributed by atoms with van der Waals surface area (Å²) in [7, 11) is 0. The van der Waals surface area contributed by atoms with E-state index in [0.29, 0.717) is 13.0 Å². The highest BCUT2D eigenvalue weighted by atomic mass is 32.1. The molecule has 0 atom stereocenters. The van der Waals surface area contributed by atoms with Gasteiger partial charge in [-0.15, -0.1) is 11.3 Å². The number of hydrogen-bond acceptors (Lipinski definition) is 3. The average Bonchev–Trinajstić information content (AvgIpc) is 2.93. The zero-order chi connectivity index (χ0) is 13.5. The number of thiophene rings is 1. The molecular weight excluding hydrogens is 260 g/mol. The van der Waals surface area contributed by atoms with Crippen LogP contribution >= 0.6 is 11.3 Å². The number of amides is 2. The summed E-state index contributed by atoms with van der Waals surface area (Å²) in [6, 6.07) is 11.4. The fraction of sp³-hybridized carbons (Fsp3) is 0.214. The van der Waals surface area contributed by atoms with E-state index in [9.17, 15) is 4.79 Å². The summed E-state index contributed by atoms with van der Waals surface area (Å²) in [4.78, 5) is 12.8. The van der Waals surface area contributed by atoms with Crippen LogP contribution in [-0.4, -0.2) is 24.3 Å². The number of urea groups is 1. The molecule has 0 saturated heterocycles. The van der Waals surface area contributed by atoms with Crippen LogP contribution in [0.15, 0.2) is 41.8 Å². The van der Waals surface area contributed by atoms with Gasteiger partial charge in [-0.25, -0.2) is 4.79 Å². The number of para-hydroxylation sites is 1. The van der Waals surface area contributed by atoms with Crippen LogP contribution in [0.5, 0.6) is 0 Å². The van der Waals surface area contributed by atoms with E-state index >= 15 is 0 Å². The molecule has 0 spiro atoms. The van der Waals surface area contributed by atoms with Crippen molar-refractivity contribution in [3.8, 4) is 10.4 Å². The molecule has 0 saturated carbocycles. The second kappa shape index (κ2) is 6.92. The minimum absolute atomic E-state index is 0.0755. The van der Waals surface area contributed by atoms with Gasteiger partial charge in [0.1, 0.15) is 0 Å². The van der Waals surface area contributed by atoms with E-state index in [1.807, 2.05) is 41.8 Å². The molecule has 1 heterocycles. The second-order valence-electron chi connectivity index (χ2n) is 3.98. The Labute approximate surface area is 116 Å². The zero-order valence-corrected chi connectivity index (χ0v) is 11.2. The summed E-state index contributed by atoms with van der Waals surface area (Å²) >= 11 is 1.63. The van der Waals surface area contributed by atoms with Crippen LogP contribution in [0, 0.1) is 0 Å². The second-order valence-corrected chi connectivity index (χ2v) is 4.93. The number of rotatable bonds is 5. The normalized spacial score (nSPS) is 10.2. The van der Waals surface area contributed by atoms with E-state index < -0.39 is 0 Å². The molecule has 0 fully saturated rings. The van der Waals surface area contributed by atoms with Crippen LogP contribution in [-0.2, 0) is 0 Å². The largest absolute Gasteiger partial charge is 0.396 e. The monoisotopic (exact) mass is 276 g/mol. The molecule has 0 aliphatic carbocycles. The number of carbonyl (C=O) groups is 1. The molecule has 0 aliphatic heterocycles. The van der Waals surface area contributed by atoms with Gasteiger partial charge in [-0.1, -0.05) is 24.3 Å². The van der Waals surface area contributed by atoms with E-state index in [4.69, 9.17) is 5.11 Å². The molecule has 4 nitrogen and oxygen atoms in total. The Morgan fingerprint density at radius 3 is 2.79 bits per heavy atom. The van der Waals surface area contributed by atoms with Crippen LogP contribution in [0.2, 0.25) is 0 Å². The molecule has 0 radical (unpaired) electrons. The number of hydrogen-bond donors (Lipinski definition) is 3. The highest BCUT2D eigenvalue weighted by molar-refractivity contribution is 7.13. The summed E-state index contributed by atoms with van der Waals surface area (Å²) in [6.07, 6.45) is 0.556. The van der Waals surface area contributed by atoms with Crippen molar-refractivity contribution in [3.05, 3.63) is 41.8 Å². The number of anilines is 1. The third-order valence-corrected chi connectivity index (χ3v) is 3.49. The molecule has 0 aliphatic rings. The van der Waals surface area contributed by atoms with Crippen molar-refractivity contribution in [3.63, 3.8) is 0 Å². The lowest BCUT2D eigenvalue weighted by Gasteiger charge is -2.10. The van der Waals surface area contributed by atoms with Crippen LogP contribution in [0.4, 0.5) is 10.5 Å². The Balaban J connectivity index is 2.06. The predicted octanol–water partition coefficient (Wildman–Crippen LogP) is 2.92. The van der Waals surface area contributed by atoms with Gasteiger partial charge in [-0.05, 0) is 23.9 Å². The predicted molar refractivity (Wildman–Crippen MR) is 78.5 cm³/mol. The minimum Gasteiger partial charge on any atom is -0.396 e. The molecule has 19 heavy (non-hydrogen) atoms. The smallest absolute Gasteiger partial charge is 0.319 e. The van der Waals surface area contributed by atoms with Crippen LogP contribution in [0.25, 0.3) is 10.4 Å². The van der Waals surface area contributed by atoms with Gasteiger partial charge in [0.25, 0.3) is 0 Å². The lowest BCUT2D eigenvalue weighted by molar-refractivity contribution is 0.249. The molecule has 1 aromatic heterocycles. The van der Waals surface area contributed by atoms with Gasteiger partial charge in [-0.2, -0.15) is 0 Å². The highest BCUT2D eigenvalue weighted by Crippen LogP contribution is 2.31. The molecular formula is C14H16N2O2S. The molecule has 3 N–H and O–H groups in total. The molecule has 0 bridgehead atoms. The van der Waals surface area contributed by atoms with Gasteiger partial charge >= 0.3 is 6.03 Å². The molecule has 2 aromatic rings. The number of aliphatic hydroxyl groups excluding tert-OH is 1. The van der Waals surface area contributed by atoms with Crippen molar-refractivity contribution >= 4 is 23.1 Å². The van der Waals surface area contributed by atoms with Crippen molar-refractivity contribution < 1.29 is 9.90 Å². The Hall–Kier alpha value is -1.85. The van der Waals surface area contributed by atoms with Crippen LogP contribution < -0.4 is 10.6 Å². The highest BCUT2D eigenvalue weighted by Gasteiger charge is 2.08. The quantitative estimate of drug-likeness (QED) is 0.735. The van der Waals surface area contributed by atoms with Gasteiger partial charge in [0.2, 0.25) is 0 Å². The van der Waals surface area contributed by atoms with Gasteiger partial charge in [-0.3, -0.25) is 0 Å². The maximum Gasteiger partial charge on any atom is 0.319 e. The first-order chi connectivity index (χ1) is 9.31. The first kappa shape index (κ1) is 13.6. The summed E-state index contributed by atoms with van der Waals surface area (Å²) in [5, 5.41) is 16.2. The maximum absolute atomic E-state index is 11.7. The molecule has 2 amide bonds. The Morgan fingerprint density at radius 1 is 1.21 bits per heavy atom. The summed E-state index contributed by atoms with van der Waals surface area (Å²) in [5.74, 6) is 0. The minimum atomic E-state index is -0.252. The Morgan fingerprint density at radius 2 is 2.05 bits per heavy atom. The number of aliphatic hydroxyl groups is 1. The summed E-state index contributed by atoms with van der Waals surface area (Å²) < 4.78 is 0. The van der Waals surface area contributed by atoms with Crippen molar-refractivity contribution in [2.75, 3.05) is 18.5 Å². The lowest BCUT2D eigenvalue weighted by atomic mass is 10.1. The Bertz CT molecular complexity index is 526. The molecule has 5 heteroatoms. The van der Waals surface area contributed by atoms with Crippen molar-refractivity contribution in [1.29, 1.82) is 0 Å². The van der Waals surface area contributed by atoms with Crippen molar-refractivity contribution in [1.82, 2.24) is 5.32 Å². The van der Waals surface area contributed by atoms with Crippen LogP contribution in [0.3, 0.4) is 0 Å². The fourth-order valence-electron chi connectivity index (χ4n) is 1.69. The van der Waals surface area contributed by atoms with Gasteiger partial charge in [0, 0.05) is 23.6 Å². The maximum atomic E-state index is 11.7. The Kier molecular flexibility index (Phi) is 4.94. The van der Waals surface area contributed by atoms with Crippen molar-refractivity contribution in [2.45, 2.75) is 6.42 Å². The van der Waals surface area contributed by atoms with E-state index in [-0.39, 0.29) is 12.6 Å². The number of carbonyl (C=O) groups excluding carboxylic acids is 1. The molecule has 100 valence electrons. The van der Waals surface area contributed by atoms with E-state index in [1.54, 1.807) is 11.3 Å². The third kappa shape index (κ3) is 3.81. The lowest BCUT2D eigenvalue weighted by Crippen LogP contribution is -2.30. The van der Waals surface area contributed by atoms with Crippen LogP contribution in [0.1, 0.15) is 6.42 Å². The fourth-order valence-corrected chi connectivity index (χ4v) is 2.45. The molecule has 1 aromatic carbocycles. The number of benzene rings is 1. The van der Waals surface area contributed by atoms with E-state index in [2.05, 4.69) is 10.6 Å². The van der Waals surface area contributed by atoms with E-state index in [1.165, 1.54) is 0 Å². The standard InChI is InChI=1S/C14H16N2O2S/c17-9-4-8-15-14(18)16-12-6-2-1-5-11(12)13-7-3-10-19-13/h1-3,5-7,10,17H,4,8-9H2,(H2,15,16,18). The zero-order valence-electron chi connectivity index (χ0n) is 10.4. The van der Waals surface area contributed by atoms with Gasteiger partial charge < -0.3 is 15.7 Å². The van der Waals surface area contributed by atoms with Crippen molar-refractivity contribution in [2.24, 2.45) is 0 Å². The van der Waals surface area contributed by atoms with E-state index in [0.717, 1.165) is 16.1 Å². The summed E-state index contributed by atoms with van der Waals surface area (Å²) in [6.45, 7) is 0.537.